The van der Waals surface area contributed by atoms with Crippen molar-refractivity contribution < 1.29 is 9.32 Å². The maximum atomic E-state index is 11.7. The number of carbonyl (C=O) groups excluding carboxylic acids is 1. The molecule has 0 saturated heterocycles. The fourth-order valence-electron chi connectivity index (χ4n) is 1.75. The summed E-state index contributed by atoms with van der Waals surface area (Å²) in [5, 5.41) is 6.68. The zero-order valence-electron chi connectivity index (χ0n) is 11.5. The number of nitrogens with one attached hydrogen (secondary N) is 1. The van der Waals surface area contributed by atoms with Gasteiger partial charge in [-0.3, -0.25) is 4.79 Å². The van der Waals surface area contributed by atoms with Gasteiger partial charge in [-0.1, -0.05) is 35.5 Å². The number of carbonyl (C=O) groups is 1. The first-order valence-corrected chi connectivity index (χ1v) is 7.70. The van der Waals surface area contributed by atoms with Crippen LogP contribution in [-0.4, -0.2) is 23.4 Å². The molecule has 0 spiro atoms. The third-order valence-corrected chi connectivity index (χ3v) is 3.72. The minimum atomic E-state index is 0.0576. The van der Waals surface area contributed by atoms with E-state index < -0.39 is 0 Å². The molecule has 1 N–H and O–H groups in total. The van der Waals surface area contributed by atoms with Crippen LogP contribution in [-0.2, 0) is 17.0 Å². The zero-order valence-corrected chi connectivity index (χ0v) is 12.3. The van der Waals surface area contributed by atoms with Crippen molar-refractivity contribution in [1.82, 2.24) is 10.5 Å². The van der Waals surface area contributed by atoms with E-state index >= 15 is 0 Å². The van der Waals surface area contributed by atoms with Gasteiger partial charge < -0.3 is 9.84 Å². The molecule has 106 valence electrons. The Kier molecular flexibility index (Phi) is 5.68. The van der Waals surface area contributed by atoms with Crippen LogP contribution in [0.3, 0.4) is 0 Å². The van der Waals surface area contributed by atoms with Crippen molar-refractivity contribution in [3.05, 3.63) is 53.4 Å². The Morgan fingerprint density at radius 2 is 2.15 bits per heavy atom. The molecule has 5 heteroatoms. The number of thioether (sulfide) groups is 1. The quantitative estimate of drug-likeness (QED) is 0.851. The van der Waals surface area contributed by atoms with Crippen LogP contribution in [0.1, 0.15) is 17.0 Å². The highest BCUT2D eigenvalue weighted by atomic mass is 32.2. The maximum absolute atomic E-state index is 11.7. The lowest BCUT2D eigenvalue weighted by Crippen LogP contribution is -2.27. The second-order valence-electron chi connectivity index (χ2n) is 4.51. The number of benzene rings is 1. The number of hydrogen-bond donors (Lipinski definition) is 1. The highest BCUT2D eigenvalue weighted by molar-refractivity contribution is 7.99. The van der Waals surface area contributed by atoms with Gasteiger partial charge in [-0.15, -0.1) is 11.8 Å². The van der Waals surface area contributed by atoms with Gasteiger partial charge in [0.15, 0.2) is 0 Å². The summed E-state index contributed by atoms with van der Waals surface area (Å²) in [5.74, 6) is 2.20. The van der Waals surface area contributed by atoms with Gasteiger partial charge in [-0.05, 0) is 12.5 Å². The molecular formula is C15H18N2O2S. The van der Waals surface area contributed by atoms with E-state index in [0.717, 1.165) is 17.2 Å². The van der Waals surface area contributed by atoms with Crippen molar-refractivity contribution in [3.63, 3.8) is 0 Å². The van der Waals surface area contributed by atoms with Crippen molar-refractivity contribution in [1.29, 1.82) is 0 Å². The van der Waals surface area contributed by atoms with E-state index in [0.29, 0.717) is 18.7 Å². The highest BCUT2D eigenvalue weighted by Gasteiger charge is 2.04. The molecule has 0 aliphatic heterocycles. The Morgan fingerprint density at radius 1 is 1.35 bits per heavy atom. The summed E-state index contributed by atoms with van der Waals surface area (Å²) < 4.78 is 5.08. The van der Waals surface area contributed by atoms with Crippen LogP contribution in [0.25, 0.3) is 0 Å². The van der Waals surface area contributed by atoms with E-state index in [2.05, 4.69) is 22.6 Å². The number of hydrogen-bond acceptors (Lipinski definition) is 4. The fourth-order valence-corrected chi connectivity index (χ4v) is 2.56. The first-order chi connectivity index (χ1) is 9.74. The van der Waals surface area contributed by atoms with Crippen LogP contribution in [0.15, 0.2) is 40.9 Å². The first kappa shape index (κ1) is 14.7. The maximum Gasteiger partial charge on any atom is 0.230 e. The van der Waals surface area contributed by atoms with Gasteiger partial charge in [-0.25, -0.2) is 0 Å². The van der Waals surface area contributed by atoms with Gasteiger partial charge in [0.1, 0.15) is 5.76 Å². The molecule has 0 saturated carbocycles. The van der Waals surface area contributed by atoms with Crippen molar-refractivity contribution >= 4 is 17.7 Å². The third-order valence-electron chi connectivity index (χ3n) is 2.72. The van der Waals surface area contributed by atoms with Gasteiger partial charge in [0.05, 0.1) is 11.4 Å². The second-order valence-corrected chi connectivity index (χ2v) is 5.50. The van der Waals surface area contributed by atoms with Gasteiger partial charge in [0, 0.05) is 24.8 Å². The Bertz CT molecular complexity index is 540. The van der Waals surface area contributed by atoms with Crippen molar-refractivity contribution in [2.24, 2.45) is 0 Å². The molecule has 0 bridgehead atoms. The number of aromatic nitrogens is 1. The molecule has 0 unspecified atom stereocenters. The van der Waals surface area contributed by atoms with E-state index in [-0.39, 0.29) is 5.91 Å². The molecule has 1 aromatic heterocycles. The second kappa shape index (κ2) is 7.75. The average Bonchev–Trinajstić information content (AvgIpc) is 2.86. The largest absolute Gasteiger partial charge is 0.361 e. The smallest absolute Gasteiger partial charge is 0.230 e. The summed E-state index contributed by atoms with van der Waals surface area (Å²) in [7, 11) is 0. The van der Waals surface area contributed by atoms with E-state index in [4.69, 9.17) is 4.52 Å². The minimum absolute atomic E-state index is 0.0576. The lowest BCUT2D eigenvalue weighted by molar-refractivity contribution is -0.118. The normalized spacial score (nSPS) is 10.4. The average molecular weight is 290 g/mol. The summed E-state index contributed by atoms with van der Waals surface area (Å²) in [6.45, 7) is 2.46. The summed E-state index contributed by atoms with van der Waals surface area (Å²) in [4.78, 5) is 11.7. The van der Waals surface area contributed by atoms with Crippen LogP contribution in [0.5, 0.6) is 0 Å². The molecule has 1 aromatic carbocycles. The van der Waals surface area contributed by atoms with Gasteiger partial charge >= 0.3 is 0 Å². The molecule has 0 aliphatic carbocycles. The van der Waals surface area contributed by atoms with E-state index in [1.807, 2.05) is 31.2 Å². The Hall–Kier alpha value is -1.75. The van der Waals surface area contributed by atoms with Crippen LogP contribution >= 0.6 is 11.8 Å². The first-order valence-electron chi connectivity index (χ1n) is 6.54. The van der Waals surface area contributed by atoms with Crippen LogP contribution in [0, 0.1) is 6.92 Å². The molecule has 4 nitrogen and oxygen atoms in total. The standard InChI is InChI=1S/C15H18N2O2S/c1-12-9-14(19-17-12)7-8-16-15(18)11-20-10-13-5-3-2-4-6-13/h2-6,9H,7-8,10-11H2,1H3,(H,16,18). The summed E-state index contributed by atoms with van der Waals surface area (Å²) >= 11 is 1.62. The Labute approximate surface area is 122 Å². The van der Waals surface area contributed by atoms with Crippen LogP contribution in [0.4, 0.5) is 0 Å². The molecule has 0 atom stereocenters. The highest BCUT2D eigenvalue weighted by Crippen LogP contribution is 2.11. The Balaban J connectivity index is 1.59. The topological polar surface area (TPSA) is 55.1 Å². The van der Waals surface area contributed by atoms with Crippen LogP contribution < -0.4 is 5.32 Å². The molecule has 1 amide bonds. The fraction of sp³-hybridized carbons (Fsp3) is 0.333. The van der Waals surface area contributed by atoms with Crippen molar-refractivity contribution in [3.8, 4) is 0 Å². The molecule has 2 aromatic rings. The summed E-state index contributed by atoms with van der Waals surface area (Å²) in [5.41, 5.74) is 2.10. The van der Waals surface area contributed by atoms with Gasteiger partial charge in [0.2, 0.25) is 5.91 Å². The van der Waals surface area contributed by atoms with Crippen molar-refractivity contribution in [2.75, 3.05) is 12.3 Å². The Morgan fingerprint density at radius 3 is 2.85 bits per heavy atom. The molecule has 20 heavy (non-hydrogen) atoms. The minimum Gasteiger partial charge on any atom is -0.361 e. The summed E-state index contributed by atoms with van der Waals surface area (Å²) in [6, 6.07) is 12.0. The third kappa shape index (κ3) is 5.09. The molecular weight excluding hydrogens is 272 g/mol. The SMILES string of the molecule is Cc1cc(CCNC(=O)CSCc2ccccc2)on1. The molecule has 0 fully saturated rings. The number of nitrogens with zero attached hydrogens (tertiary/aromatic N) is 1. The van der Waals surface area contributed by atoms with Gasteiger partial charge in [-0.2, -0.15) is 0 Å². The zero-order chi connectivity index (χ0) is 14.2. The number of amides is 1. The number of aryl methyl sites for hydroxylation is 1. The number of rotatable bonds is 7. The van der Waals surface area contributed by atoms with Crippen molar-refractivity contribution in [2.45, 2.75) is 19.1 Å². The lowest BCUT2D eigenvalue weighted by Gasteiger charge is -2.04. The summed E-state index contributed by atoms with van der Waals surface area (Å²) in [6.07, 6.45) is 0.677. The predicted octanol–water partition coefficient (Wildman–Crippen LogP) is 2.58. The predicted molar refractivity (Wildman–Crippen MR) is 80.6 cm³/mol. The molecule has 1 heterocycles. The molecule has 0 aliphatic rings. The van der Waals surface area contributed by atoms with E-state index in [1.165, 1.54) is 5.56 Å². The molecule has 2 rings (SSSR count). The van der Waals surface area contributed by atoms with Crippen LogP contribution in [0.2, 0.25) is 0 Å². The van der Waals surface area contributed by atoms with E-state index in [1.54, 1.807) is 11.8 Å². The lowest BCUT2D eigenvalue weighted by atomic mass is 10.2. The van der Waals surface area contributed by atoms with Gasteiger partial charge in [0.25, 0.3) is 0 Å². The van der Waals surface area contributed by atoms with E-state index in [9.17, 15) is 4.79 Å². The molecule has 0 radical (unpaired) electrons. The monoisotopic (exact) mass is 290 g/mol.